The molecule has 2 aromatic heterocycles. The maximum Gasteiger partial charge on any atom is 0.416 e. The van der Waals surface area contributed by atoms with Crippen molar-refractivity contribution in [1.29, 1.82) is 0 Å². The molecule has 15 heteroatoms. The first kappa shape index (κ1) is 23.3. The summed E-state index contributed by atoms with van der Waals surface area (Å²) in [5, 5.41) is 2.96. The van der Waals surface area contributed by atoms with E-state index in [9.17, 15) is 31.1 Å². The molecule has 0 spiro atoms. The number of aromatic nitrogens is 5. The molecule has 170 valence electrons. The van der Waals surface area contributed by atoms with Crippen LogP contribution < -0.4 is 10.9 Å². The van der Waals surface area contributed by atoms with Gasteiger partial charge in [0.2, 0.25) is 5.91 Å². The van der Waals surface area contributed by atoms with E-state index in [-0.39, 0.29) is 18.3 Å². The second-order valence-electron chi connectivity index (χ2n) is 6.29. The normalized spacial score (nSPS) is 13.0. The predicted molar refractivity (Wildman–Crippen MR) is 102 cm³/mol. The summed E-state index contributed by atoms with van der Waals surface area (Å²) in [6.07, 6.45) is -5.03. The Balaban J connectivity index is 1.75. The molecular weight excluding hydrogens is 464 g/mol. The Hall–Kier alpha value is -3.36. The number of hydrogen-bond donors (Lipinski definition) is 3. The number of carbonyl (C=O) groups is 1. The molecule has 1 aromatic carbocycles. The van der Waals surface area contributed by atoms with Gasteiger partial charge in [-0.05, 0) is 18.2 Å². The van der Waals surface area contributed by atoms with E-state index in [2.05, 4.69) is 43.5 Å². The van der Waals surface area contributed by atoms with Crippen LogP contribution in [0.3, 0.4) is 0 Å². The standard InChI is InChI=1S/C17H13F6N7OS/c18-16(19,20)10-3-9(4-11(5-10)17(21,22)23)15-26-8-30(29-15)14(32)6-13(31)28-27-12-7-24-1-2-25-12/h1-5,7-8,14,32H,6H2,(H,25,27)(H,28,31)/t14-/m0/s1. The Kier molecular flexibility index (Phi) is 6.57. The summed E-state index contributed by atoms with van der Waals surface area (Å²) in [7, 11) is 0. The highest BCUT2D eigenvalue weighted by Crippen LogP contribution is 2.38. The Labute approximate surface area is 181 Å². The number of halogens is 6. The average Bonchev–Trinajstić information content (AvgIpc) is 3.22. The summed E-state index contributed by atoms with van der Waals surface area (Å²) in [6.45, 7) is 0. The van der Waals surface area contributed by atoms with Crippen molar-refractivity contribution in [3.63, 3.8) is 0 Å². The van der Waals surface area contributed by atoms with Crippen LogP contribution in [-0.2, 0) is 17.1 Å². The van der Waals surface area contributed by atoms with E-state index in [1.807, 2.05) is 0 Å². The molecule has 0 aliphatic carbocycles. The minimum absolute atomic E-state index is 0.0103. The largest absolute Gasteiger partial charge is 0.416 e. The Bertz CT molecular complexity index is 1050. The third kappa shape index (κ3) is 5.87. The highest BCUT2D eigenvalue weighted by atomic mass is 32.1. The first-order valence-electron chi connectivity index (χ1n) is 8.63. The summed E-state index contributed by atoms with van der Waals surface area (Å²) in [4.78, 5) is 23.4. The number of nitrogens with one attached hydrogen (secondary N) is 2. The van der Waals surface area contributed by atoms with Gasteiger partial charge in [-0.2, -0.15) is 39.0 Å². The maximum absolute atomic E-state index is 13.0. The van der Waals surface area contributed by atoms with Crippen molar-refractivity contribution in [1.82, 2.24) is 30.2 Å². The lowest BCUT2D eigenvalue weighted by atomic mass is 10.0. The fourth-order valence-electron chi connectivity index (χ4n) is 2.44. The van der Waals surface area contributed by atoms with Gasteiger partial charge in [0.1, 0.15) is 11.7 Å². The smallest absolute Gasteiger partial charge is 0.281 e. The number of anilines is 1. The number of thiol groups is 1. The van der Waals surface area contributed by atoms with E-state index in [0.29, 0.717) is 12.1 Å². The van der Waals surface area contributed by atoms with Crippen LogP contribution in [0.4, 0.5) is 32.2 Å². The summed E-state index contributed by atoms with van der Waals surface area (Å²) >= 11 is 4.18. The molecule has 1 amide bonds. The average molecular weight is 477 g/mol. The van der Waals surface area contributed by atoms with Crippen molar-refractivity contribution in [2.45, 2.75) is 24.1 Å². The van der Waals surface area contributed by atoms with Gasteiger partial charge in [-0.15, -0.1) is 5.10 Å². The molecule has 1 atom stereocenters. The van der Waals surface area contributed by atoms with Crippen molar-refractivity contribution in [2.75, 3.05) is 5.43 Å². The van der Waals surface area contributed by atoms with Crippen LogP contribution in [0.25, 0.3) is 11.4 Å². The number of benzene rings is 1. The molecule has 0 radical (unpaired) electrons. The lowest BCUT2D eigenvalue weighted by Gasteiger charge is -2.13. The first-order valence-corrected chi connectivity index (χ1v) is 9.15. The molecule has 0 saturated carbocycles. The predicted octanol–water partition coefficient (Wildman–Crippen LogP) is 3.73. The van der Waals surface area contributed by atoms with Gasteiger partial charge in [-0.25, -0.2) is 14.6 Å². The highest BCUT2D eigenvalue weighted by molar-refractivity contribution is 7.80. The van der Waals surface area contributed by atoms with Crippen LogP contribution >= 0.6 is 12.6 Å². The summed E-state index contributed by atoms with van der Waals surface area (Å²) in [5.41, 5.74) is 1.38. The zero-order chi connectivity index (χ0) is 23.5. The molecule has 2 N–H and O–H groups in total. The number of rotatable bonds is 6. The van der Waals surface area contributed by atoms with Gasteiger partial charge in [0, 0.05) is 18.0 Å². The molecule has 0 fully saturated rings. The molecule has 0 unspecified atom stereocenters. The molecule has 3 aromatic rings. The highest BCUT2D eigenvalue weighted by Gasteiger charge is 2.37. The van der Waals surface area contributed by atoms with Gasteiger partial charge in [0.25, 0.3) is 0 Å². The van der Waals surface area contributed by atoms with Crippen LogP contribution in [0.5, 0.6) is 0 Å². The van der Waals surface area contributed by atoms with E-state index in [0.717, 1.165) is 11.0 Å². The lowest BCUT2D eigenvalue weighted by Crippen LogP contribution is -2.31. The lowest BCUT2D eigenvalue weighted by molar-refractivity contribution is -0.143. The monoisotopic (exact) mass is 477 g/mol. The number of carbonyl (C=O) groups excluding carboxylic acids is 1. The molecule has 0 bridgehead atoms. The van der Waals surface area contributed by atoms with Gasteiger partial charge in [-0.3, -0.25) is 20.6 Å². The van der Waals surface area contributed by atoms with E-state index in [1.54, 1.807) is 0 Å². The van der Waals surface area contributed by atoms with Gasteiger partial charge < -0.3 is 0 Å². The number of nitrogens with zero attached hydrogens (tertiary/aromatic N) is 5. The number of alkyl halides is 6. The Morgan fingerprint density at radius 2 is 1.69 bits per heavy atom. The van der Waals surface area contributed by atoms with E-state index < -0.39 is 46.1 Å². The topological polar surface area (TPSA) is 97.6 Å². The number of hydrazine groups is 1. The van der Waals surface area contributed by atoms with Crippen molar-refractivity contribution >= 4 is 24.4 Å². The summed E-state index contributed by atoms with van der Waals surface area (Å²) in [6, 6.07) is 1.04. The molecule has 0 saturated heterocycles. The van der Waals surface area contributed by atoms with Gasteiger partial charge in [0.15, 0.2) is 11.6 Å². The fraction of sp³-hybridized carbons (Fsp3) is 0.235. The van der Waals surface area contributed by atoms with E-state index in [4.69, 9.17) is 0 Å². The minimum atomic E-state index is -5.00. The quantitative estimate of drug-likeness (QED) is 0.284. The zero-order valence-electron chi connectivity index (χ0n) is 15.7. The number of hydrogen-bond acceptors (Lipinski definition) is 7. The molecule has 2 heterocycles. The molecular formula is C17H13F6N7OS. The minimum Gasteiger partial charge on any atom is -0.281 e. The SMILES string of the molecule is O=C(C[C@H](S)n1cnc(-c2cc(C(F)(F)F)cc(C(F)(F)F)c2)n1)NNc1cnccn1. The summed E-state index contributed by atoms with van der Waals surface area (Å²) in [5.74, 6) is -0.672. The molecule has 0 aliphatic rings. The van der Waals surface area contributed by atoms with Gasteiger partial charge in [-0.1, -0.05) is 0 Å². The zero-order valence-corrected chi connectivity index (χ0v) is 16.6. The maximum atomic E-state index is 13.0. The van der Waals surface area contributed by atoms with Crippen LogP contribution in [-0.4, -0.2) is 30.6 Å². The number of amides is 1. The van der Waals surface area contributed by atoms with Crippen LogP contribution in [0.2, 0.25) is 0 Å². The van der Waals surface area contributed by atoms with E-state index in [1.165, 1.54) is 18.6 Å². The molecule has 8 nitrogen and oxygen atoms in total. The Morgan fingerprint density at radius 1 is 1.03 bits per heavy atom. The van der Waals surface area contributed by atoms with E-state index >= 15 is 0 Å². The van der Waals surface area contributed by atoms with Gasteiger partial charge in [0.05, 0.1) is 23.7 Å². The molecule has 0 aliphatic heterocycles. The van der Waals surface area contributed by atoms with Crippen molar-refractivity contribution < 1.29 is 31.1 Å². The third-order valence-electron chi connectivity index (χ3n) is 3.92. The van der Waals surface area contributed by atoms with Crippen molar-refractivity contribution in [3.8, 4) is 11.4 Å². The van der Waals surface area contributed by atoms with Crippen molar-refractivity contribution in [3.05, 3.63) is 54.2 Å². The van der Waals surface area contributed by atoms with Gasteiger partial charge >= 0.3 is 12.4 Å². The first-order chi connectivity index (χ1) is 14.9. The Morgan fingerprint density at radius 3 is 2.25 bits per heavy atom. The summed E-state index contributed by atoms with van der Waals surface area (Å²) < 4.78 is 79.3. The van der Waals surface area contributed by atoms with Crippen LogP contribution in [0.15, 0.2) is 43.1 Å². The second-order valence-corrected chi connectivity index (χ2v) is 6.89. The van der Waals surface area contributed by atoms with Crippen LogP contribution in [0.1, 0.15) is 22.9 Å². The molecule has 32 heavy (non-hydrogen) atoms. The second kappa shape index (κ2) is 9.02. The van der Waals surface area contributed by atoms with Crippen molar-refractivity contribution in [2.24, 2.45) is 0 Å². The fourth-order valence-corrected chi connectivity index (χ4v) is 2.72. The molecule has 3 rings (SSSR count). The third-order valence-corrected chi connectivity index (χ3v) is 4.34. The van der Waals surface area contributed by atoms with Crippen LogP contribution in [0, 0.1) is 0 Å².